The third-order valence-electron chi connectivity index (χ3n) is 4.22. The SMILES string of the molecule is CC(C)n1cc(P(=[Se])(c2ccccc2)c2ccccc2)n(C)c1=S. The van der Waals surface area contributed by atoms with Gasteiger partial charge in [0.25, 0.3) is 0 Å². The van der Waals surface area contributed by atoms with Crippen molar-refractivity contribution in [1.29, 1.82) is 0 Å². The summed E-state index contributed by atoms with van der Waals surface area (Å²) in [7, 11) is 2.08. The first-order chi connectivity index (χ1) is 11.5. The van der Waals surface area contributed by atoms with Gasteiger partial charge in [0.05, 0.1) is 0 Å². The van der Waals surface area contributed by atoms with Gasteiger partial charge in [0.2, 0.25) is 0 Å². The van der Waals surface area contributed by atoms with E-state index in [1.807, 2.05) is 0 Å². The second kappa shape index (κ2) is 6.98. The van der Waals surface area contributed by atoms with Crippen molar-refractivity contribution in [2.75, 3.05) is 0 Å². The van der Waals surface area contributed by atoms with Crippen molar-refractivity contribution in [3.8, 4) is 0 Å². The van der Waals surface area contributed by atoms with Crippen LogP contribution in [0.4, 0.5) is 0 Å². The van der Waals surface area contributed by atoms with Crippen LogP contribution in [0.2, 0.25) is 0 Å². The molecule has 0 bridgehead atoms. The maximum atomic E-state index is 5.69. The van der Waals surface area contributed by atoms with Gasteiger partial charge in [-0.2, -0.15) is 0 Å². The van der Waals surface area contributed by atoms with E-state index in [2.05, 4.69) is 112 Å². The van der Waals surface area contributed by atoms with Gasteiger partial charge >= 0.3 is 157 Å². The van der Waals surface area contributed by atoms with Crippen molar-refractivity contribution >= 4 is 48.9 Å². The molecule has 2 aromatic carbocycles. The fourth-order valence-electron chi connectivity index (χ4n) is 2.89. The molecule has 0 saturated carbocycles. The van der Waals surface area contributed by atoms with Crippen LogP contribution >= 0.6 is 17.7 Å². The van der Waals surface area contributed by atoms with E-state index in [9.17, 15) is 0 Å². The minimum atomic E-state index is -1.86. The minimum absolute atomic E-state index is 0.345. The summed E-state index contributed by atoms with van der Waals surface area (Å²) in [6.45, 7) is 4.34. The van der Waals surface area contributed by atoms with Gasteiger partial charge in [-0.1, -0.05) is 0 Å². The van der Waals surface area contributed by atoms with E-state index in [4.69, 9.17) is 12.2 Å². The summed E-state index contributed by atoms with van der Waals surface area (Å²) in [5.74, 6) is 0. The Labute approximate surface area is 156 Å². The third kappa shape index (κ3) is 2.93. The summed E-state index contributed by atoms with van der Waals surface area (Å²) >= 11 is 9.28. The van der Waals surface area contributed by atoms with Gasteiger partial charge in [-0.3, -0.25) is 0 Å². The Kier molecular flexibility index (Phi) is 5.13. The average molecular weight is 419 g/mol. The number of hydrogen-bond acceptors (Lipinski definition) is 1. The molecule has 1 heterocycles. The fraction of sp³-hybridized carbons (Fsp3) is 0.211. The summed E-state index contributed by atoms with van der Waals surface area (Å²) in [5.41, 5.74) is -0.597. The summed E-state index contributed by atoms with van der Waals surface area (Å²) in [4.78, 5) is 0. The molecule has 0 fully saturated rings. The number of nitrogens with zero attached hydrogens (tertiary/aromatic N) is 2. The Hall–Kier alpha value is -1.18. The van der Waals surface area contributed by atoms with E-state index in [0.29, 0.717) is 6.04 Å². The number of imidazole rings is 1. The summed E-state index contributed by atoms with van der Waals surface area (Å²) < 4.78 is 5.22. The molecule has 124 valence electrons. The van der Waals surface area contributed by atoms with Crippen molar-refractivity contribution in [3.05, 3.63) is 71.6 Å². The molecule has 3 rings (SSSR count). The molecule has 5 heteroatoms. The molecule has 3 aromatic rings. The number of aromatic nitrogens is 2. The molecule has 0 radical (unpaired) electrons. The van der Waals surface area contributed by atoms with Crippen LogP contribution in [-0.4, -0.2) is 24.2 Å². The molecule has 0 N–H and O–H groups in total. The van der Waals surface area contributed by atoms with Gasteiger partial charge in [0.1, 0.15) is 0 Å². The average Bonchev–Trinajstić information content (AvgIpc) is 2.92. The normalized spacial score (nSPS) is 11.8. The Bertz CT molecular complexity index is 899. The fourth-order valence-corrected chi connectivity index (χ4v) is 8.73. The first-order valence-electron chi connectivity index (χ1n) is 7.96. The molecule has 0 aliphatic heterocycles. The van der Waals surface area contributed by atoms with E-state index in [1.54, 1.807) is 0 Å². The first-order valence-corrected chi connectivity index (χ1v) is 12.4. The van der Waals surface area contributed by atoms with Gasteiger partial charge in [0.15, 0.2) is 0 Å². The second-order valence-corrected chi connectivity index (χ2v) is 12.6. The zero-order valence-corrected chi connectivity index (χ0v) is 17.5. The Morgan fingerprint density at radius 3 is 1.75 bits per heavy atom. The van der Waals surface area contributed by atoms with E-state index < -0.39 is 5.51 Å². The number of benzene rings is 2. The van der Waals surface area contributed by atoms with Crippen molar-refractivity contribution in [2.45, 2.75) is 19.9 Å². The third-order valence-corrected chi connectivity index (χ3v) is 11.7. The molecule has 0 saturated heterocycles. The van der Waals surface area contributed by atoms with Gasteiger partial charge in [-0.15, -0.1) is 0 Å². The second-order valence-electron chi connectivity index (χ2n) is 6.11. The van der Waals surface area contributed by atoms with Crippen molar-refractivity contribution in [1.82, 2.24) is 9.13 Å². The van der Waals surface area contributed by atoms with Gasteiger partial charge in [0, 0.05) is 0 Å². The molecule has 0 unspecified atom stereocenters. The predicted molar refractivity (Wildman–Crippen MR) is 109 cm³/mol. The molecular weight excluding hydrogens is 398 g/mol. The predicted octanol–water partition coefficient (Wildman–Crippen LogP) is 3.51. The van der Waals surface area contributed by atoms with Crippen molar-refractivity contribution < 1.29 is 0 Å². The Morgan fingerprint density at radius 2 is 1.38 bits per heavy atom. The number of rotatable bonds is 4. The van der Waals surface area contributed by atoms with Crippen LogP contribution in [0, 0.1) is 4.77 Å². The monoisotopic (exact) mass is 420 g/mol. The molecular formula is C19H21N2PSSe. The van der Waals surface area contributed by atoms with Crippen LogP contribution in [-0.2, 0) is 7.05 Å². The van der Waals surface area contributed by atoms with Gasteiger partial charge < -0.3 is 0 Å². The van der Waals surface area contributed by atoms with Gasteiger partial charge in [-0.25, -0.2) is 0 Å². The zero-order chi connectivity index (χ0) is 17.3. The van der Waals surface area contributed by atoms with Crippen molar-refractivity contribution in [3.63, 3.8) is 0 Å². The molecule has 0 aliphatic rings. The van der Waals surface area contributed by atoms with Crippen LogP contribution in [0.25, 0.3) is 0 Å². The van der Waals surface area contributed by atoms with Crippen LogP contribution < -0.4 is 16.0 Å². The van der Waals surface area contributed by atoms with Crippen LogP contribution in [0.1, 0.15) is 19.9 Å². The zero-order valence-electron chi connectivity index (χ0n) is 14.1. The van der Waals surface area contributed by atoms with E-state index in [-0.39, 0.29) is 0 Å². The molecule has 24 heavy (non-hydrogen) atoms. The van der Waals surface area contributed by atoms with Gasteiger partial charge in [-0.05, 0) is 0 Å². The quantitative estimate of drug-likeness (QED) is 0.358. The van der Waals surface area contributed by atoms with Crippen LogP contribution in [0.5, 0.6) is 0 Å². The first kappa shape index (κ1) is 17.6. The molecule has 0 amide bonds. The molecule has 0 aliphatic carbocycles. The number of hydrogen-bond donors (Lipinski definition) is 0. The summed E-state index contributed by atoms with van der Waals surface area (Å²) in [6, 6.07) is 21.8. The summed E-state index contributed by atoms with van der Waals surface area (Å²) in [6.07, 6.45) is 2.23. The Balaban J connectivity index is 2.35. The van der Waals surface area contributed by atoms with Crippen molar-refractivity contribution in [2.24, 2.45) is 7.05 Å². The van der Waals surface area contributed by atoms with Crippen LogP contribution in [0.15, 0.2) is 66.9 Å². The molecule has 0 atom stereocenters. The van der Waals surface area contributed by atoms with Crippen LogP contribution in [0.3, 0.4) is 0 Å². The summed E-state index contributed by atoms with van der Waals surface area (Å²) in [5, 5.41) is 2.64. The van der Waals surface area contributed by atoms with E-state index >= 15 is 0 Å². The Morgan fingerprint density at radius 1 is 0.917 bits per heavy atom. The molecule has 0 spiro atoms. The van der Waals surface area contributed by atoms with E-state index in [1.165, 1.54) is 16.0 Å². The standard InChI is InChI=1S/C19H21N2PSSe/c1-15(2)21-14-18(20(3)19(21)23)22(24,16-10-6-4-7-11-16)17-12-8-5-9-13-17/h4-15H,1-3H3. The maximum absolute atomic E-state index is 5.69. The topological polar surface area (TPSA) is 9.86 Å². The molecule has 1 aromatic heterocycles. The van der Waals surface area contributed by atoms with E-state index in [0.717, 1.165) is 4.77 Å². The molecule has 2 nitrogen and oxygen atoms in total.